The highest BCUT2D eigenvalue weighted by molar-refractivity contribution is 5.95. The Kier molecular flexibility index (Phi) is 2.95. The summed E-state index contributed by atoms with van der Waals surface area (Å²) in [5, 5.41) is 2.79. The van der Waals surface area contributed by atoms with E-state index in [4.69, 9.17) is 0 Å². The van der Waals surface area contributed by atoms with Crippen molar-refractivity contribution in [3.63, 3.8) is 0 Å². The summed E-state index contributed by atoms with van der Waals surface area (Å²) in [6.07, 6.45) is 4.92. The number of hydrogen-bond acceptors (Lipinski definition) is 3. The van der Waals surface area contributed by atoms with Crippen molar-refractivity contribution < 1.29 is 4.79 Å². The average molecular weight is 216 g/mol. The molecule has 82 valence electrons. The predicted molar refractivity (Wildman–Crippen MR) is 58.7 cm³/mol. The number of pyridine rings is 1. The van der Waals surface area contributed by atoms with Crippen molar-refractivity contribution in [1.29, 1.82) is 0 Å². The number of carbonyl (C=O) groups excluding carboxylic acids is 1. The van der Waals surface area contributed by atoms with Gasteiger partial charge in [-0.1, -0.05) is 0 Å². The van der Waals surface area contributed by atoms with E-state index in [-0.39, 0.29) is 5.91 Å². The topological polar surface area (TPSA) is 70.7 Å². The highest BCUT2D eigenvalue weighted by Gasteiger charge is 2.08. The van der Waals surface area contributed by atoms with Crippen molar-refractivity contribution >= 4 is 5.91 Å². The number of H-pyrrole nitrogens is 1. The summed E-state index contributed by atoms with van der Waals surface area (Å²) in [5.41, 5.74) is 2.20. The number of carbonyl (C=O) groups is 1. The maximum Gasteiger partial charge on any atom is 0.253 e. The summed E-state index contributed by atoms with van der Waals surface area (Å²) in [6, 6.07) is 3.50. The van der Waals surface area contributed by atoms with Gasteiger partial charge in [-0.3, -0.25) is 9.78 Å². The maximum atomic E-state index is 11.8. The molecule has 0 unspecified atom stereocenters. The second-order valence-corrected chi connectivity index (χ2v) is 3.40. The number of nitrogens with one attached hydrogen (secondary N) is 2. The summed E-state index contributed by atoms with van der Waals surface area (Å²) in [4.78, 5) is 22.6. The molecule has 0 atom stereocenters. The predicted octanol–water partition coefficient (Wildman–Crippen LogP) is 1.04. The van der Waals surface area contributed by atoms with Gasteiger partial charge in [0, 0.05) is 18.1 Å². The highest BCUT2D eigenvalue weighted by atomic mass is 16.1. The Hall–Kier alpha value is -2.17. The summed E-state index contributed by atoms with van der Waals surface area (Å²) >= 11 is 0. The largest absolute Gasteiger partial charge is 0.347 e. The van der Waals surface area contributed by atoms with Gasteiger partial charge in [-0.2, -0.15) is 0 Å². The number of hydrogen-bond donors (Lipinski definition) is 2. The lowest BCUT2D eigenvalue weighted by molar-refractivity contribution is 0.0949. The third kappa shape index (κ3) is 2.25. The Morgan fingerprint density at radius 3 is 3.12 bits per heavy atom. The number of aromatic nitrogens is 3. The summed E-state index contributed by atoms with van der Waals surface area (Å²) < 4.78 is 0. The fourth-order valence-electron chi connectivity index (χ4n) is 1.38. The van der Waals surface area contributed by atoms with Crippen molar-refractivity contribution in [1.82, 2.24) is 20.3 Å². The van der Waals surface area contributed by atoms with Crippen LogP contribution in [0.4, 0.5) is 0 Å². The molecule has 5 nitrogen and oxygen atoms in total. The van der Waals surface area contributed by atoms with Crippen molar-refractivity contribution in [3.8, 4) is 0 Å². The van der Waals surface area contributed by atoms with Crippen LogP contribution in [0.15, 0.2) is 30.9 Å². The van der Waals surface area contributed by atoms with E-state index in [9.17, 15) is 4.79 Å². The fraction of sp³-hybridized carbons (Fsp3) is 0.182. The van der Waals surface area contributed by atoms with Gasteiger partial charge in [-0.05, 0) is 19.1 Å². The number of imidazole rings is 1. The van der Waals surface area contributed by atoms with Gasteiger partial charge in [-0.15, -0.1) is 0 Å². The van der Waals surface area contributed by atoms with Gasteiger partial charge in [0.15, 0.2) is 0 Å². The molecule has 0 aromatic carbocycles. The van der Waals surface area contributed by atoms with Crippen molar-refractivity contribution in [2.45, 2.75) is 13.5 Å². The molecule has 2 rings (SSSR count). The molecule has 2 aromatic heterocycles. The second kappa shape index (κ2) is 4.57. The Morgan fingerprint density at radius 1 is 1.56 bits per heavy atom. The van der Waals surface area contributed by atoms with Crippen molar-refractivity contribution in [3.05, 3.63) is 47.8 Å². The van der Waals surface area contributed by atoms with Gasteiger partial charge in [0.05, 0.1) is 24.1 Å². The summed E-state index contributed by atoms with van der Waals surface area (Å²) in [5.74, 6) is -0.125. The molecule has 2 heterocycles. The maximum absolute atomic E-state index is 11.8. The van der Waals surface area contributed by atoms with Gasteiger partial charge in [-0.25, -0.2) is 4.98 Å². The van der Waals surface area contributed by atoms with E-state index >= 15 is 0 Å². The van der Waals surface area contributed by atoms with Crippen LogP contribution < -0.4 is 5.32 Å². The highest BCUT2D eigenvalue weighted by Crippen LogP contribution is 2.03. The normalized spacial score (nSPS) is 10.1. The number of nitrogens with zero attached hydrogens (tertiary/aromatic N) is 2. The van der Waals surface area contributed by atoms with Crippen LogP contribution in [0.3, 0.4) is 0 Å². The number of aryl methyl sites for hydroxylation is 1. The average Bonchev–Trinajstić information content (AvgIpc) is 2.79. The first kappa shape index (κ1) is 10.4. The molecule has 16 heavy (non-hydrogen) atoms. The molecule has 0 spiro atoms. The van der Waals surface area contributed by atoms with E-state index in [1.54, 1.807) is 30.9 Å². The molecule has 2 aromatic rings. The first-order valence-electron chi connectivity index (χ1n) is 4.94. The van der Waals surface area contributed by atoms with Crippen molar-refractivity contribution in [2.24, 2.45) is 0 Å². The Balaban J connectivity index is 2.01. The molecule has 1 amide bonds. The Morgan fingerprint density at radius 2 is 2.44 bits per heavy atom. The fourth-order valence-corrected chi connectivity index (χ4v) is 1.38. The standard InChI is InChI=1S/C11H12N4O/c1-8-10(3-2-4-13-8)11(16)14-6-9-5-12-7-15-9/h2-5,7H,6H2,1H3,(H,12,15)(H,14,16). The molecule has 0 bridgehead atoms. The minimum Gasteiger partial charge on any atom is -0.347 e. The molecular formula is C11H12N4O. The molecule has 0 aliphatic carbocycles. The quantitative estimate of drug-likeness (QED) is 0.805. The van der Waals surface area contributed by atoms with Crippen LogP contribution in [0.25, 0.3) is 0 Å². The molecule has 0 aliphatic rings. The third-order valence-corrected chi connectivity index (χ3v) is 2.25. The minimum absolute atomic E-state index is 0.125. The molecular weight excluding hydrogens is 204 g/mol. The van der Waals surface area contributed by atoms with Crippen LogP contribution >= 0.6 is 0 Å². The van der Waals surface area contributed by atoms with Gasteiger partial charge < -0.3 is 10.3 Å². The van der Waals surface area contributed by atoms with Gasteiger partial charge >= 0.3 is 0 Å². The van der Waals surface area contributed by atoms with Crippen LogP contribution in [0.2, 0.25) is 0 Å². The monoisotopic (exact) mass is 216 g/mol. The first-order valence-corrected chi connectivity index (χ1v) is 4.94. The minimum atomic E-state index is -0.125. The third-order valence-electron chi connectivity index (χ3n) is 2.25. The van der Waals surface area contributed by atoms with Crippen LogP contribution in [0, 0.1) is 6.92 Å². The molecule has 0 radical (unpaired) electrons. The molecule has 0 saturated carbocycles. The van der Waals surface area contributed by atoms with E-state index in [2.05, 4.69) is 20.3 Å². The first-order chi connectivity index (χ1) is 7.77. The smallest absolute Gasteiger partial charge is 0.253 e. The summed E-state index contributed by atoms with van der Waals surface area (Å²) in [6.45, 7) is 2.25. The van der Waals surface area contributed by atoms with Crippen LogP contribution in [-0.2, 0) is 6.54 Å². The van der Waals surface area contributed by atoms with Gasteiger partial charge in [0.2, 0.25) is 0 Å². The lowest BCUT2D eigenvalue weighted by Crippen LogP contribution is -2.24. The summed E-state index contributed by atoms with van der Waals surface area (Å²) in [7, 11) is 0. The molecule has 0 fully saturated rings. The van der Waals surface area contributed by atoms with E-state index < -0.39 is 0 Å². The van der Waals surface area contributed by atoms with E-state index in [1.807, 2.05) is 6.92 Å². The lowest BCUT2D eigenvalue weighted by Gasteiger charge is -2.05. The number of rotatable bonds is 3. The van der Waals surface area contributed by atoms with E-state index in [0.29, 0.717) is 12.1 Å². The lowest BCUT2D eigenvalue weighted by atomic mass is 10.2. The molecule has 2 N–H and O–H groups in total. The van der Waals surface area contributed by atoms with Gasteiger partial charge in [0.1, 0.15) is 0 Å². The molecule has 5 heteroatoms. The van der Waals surface area contributed by atoms with Gasteiger partial charge in [0.25, 0.3) is 5.91 Å². The molecule has 0 saturated heterocycles. The Bertz CT molecular complexity index is 478. The van der Waals surface area contributed by atoms with Crippen LogP contribution in [0.5, 0.6) is 0 Å². The zero-order valence-corrected chi connectivity index (χ0v) is 8.90. The van der Waals surface area contributed by atoms with Crippen LogP contribution in [-0.4, -0.2) is 20.9 Å². The zero-order chi connectivity index (χ0) is 11.4. The van der Waals surface area contributed by atoms with Crippen molar-refractivity contribution in [2.75, 3.05) is 0 Å². The van der Waals surface area contributed by atoms with Crippen LogP contribution in [0.1, 0.15) is 21.7 Å². The van der Waals surface area contributed by atoms with E-state index in [1.165, 1.54) is 0 Å². The van der Waals surface area contributed by atoms with E-state index in [0.717, 1.165) is 11.4 Å². The number of amides is 1. The Labute approximate surface area is 92.9 Å². The second-order valence-electron chi connectivity index (χ2n) is 3.40. The zero-order valence-electron chi connectivity index (χ0n) is 8.90. The SMILES string of the molecule is Cc1ncccc1C(=O)NCc1cnc[nH]1. The number of aromatic amines is 1. The molecule has 0 aliphatic heterocycles.